The number of ether oxygens (including phenoxy) is 1. The van der Waals surface area contributed by atoms with E-state index >= 15 is 0 Å². The van der Waals surface area contributed by atoms with E-state index in [0.717, 1.165) is 18.4 Å². The van der Waals surface area contributed by atoms with Crippen molar-refractivity contribution in [3.8, 4) is 0 Å². The van der Waals surface area contributed by atoms with Crippen LogP contribution in [0, 0.1) is 0 Å². The summed E-state index contributed by atoms with van der Waals surface area (Å²) in [4.78, 5) is 11.9. The molecule has 3 heteroatoms. The Bertz CT molecular complexity index is 366. The molecule has 0 unspecified atom stereocenters. The third-order valence-electron chi connectivity index (χ3n) is 3.25. The number of hydrogen-bond acceptors (Lipinski definition) is 3. The van der Waals surface area contributed by atoms with Crippen LogP contribution in [-0.2, 0) is 11.3 Å². The van der Waals surface area contributed by atoms with Gasteiger partial charge in [0.2, 0.25) is 0 Å². The summed E-state index contributed by atoms with van der Waals surface area (Å²) in [6.07, 6.45) is 5.73. The number of esters is 1. The minimum atomic E-state index is -0.208. The quantitative estimate of drug-likeness (QED) is 0.816. The Hall–Kier alpha value is -1.35. The predicted molar refractivity (Wildman–Crippen MR) is 66.6 cm³/mol. The fraction of sp³-hybridized carbons (Fsp3) is 0.500. The number of carbonyl (C=O) groups is 1. The Balaban J connectivity index is 1.93. The molecule has 0 aromatic heterocycles. The van der Waals surface area contributed by atoms with Gasteiger partial charge >= 0.3 is 5.97 Å². The summed E-state index contributed by atoms with van der Waals surface area (Å²) >= 11 is 0. The van der Waals surface area contributed by atoms with E-state index in [1.165, 1.54) is 19.3 Å². The Kier molecular flexibility index (Phi) is 4.15. The van der Waals surface area contributed by atoms with Crippen molar-refractivity contribution in [2.24, 2.45) is 5.73 Å². The average Bonchev–Trinajstić information content (AvgIpc) is 2.40. The van der Waals surface area contributed by atoms with Gasteiger partial charge in [-0.2, -0.15) is 0 Å². The highest BCUT2D eigenvalue weighted by atomic mass is 16.5. The topological polar surface area (TPSA) is 52.3 Å². The summed E-state index contributed by atoms with van der Waals surface area (Å²) in [7, 11) is 0. The van der Waals surface area contributed by atoms with Crippen LogP contribution < -0.4 is 5.73 Å². The minimum absolute atomic E-state index is 0.116. The Morgan fingerprint density at radius 3 is 2.41 bits per heavy atom. The van der Waals surface area contributed by atoms with Crippen molar-refractivity contribution in [3.05, 3.63) is 35.4 Å². The summed E-state index contributed by atoms with van der Waals surface area (Å²) in [5.74, 6) is -0.208. The molecule has 0 radical (unpaired) electrons. The van der Waals surface area contributed by atoms with Crippen molar-refractivity contribution < 1.29 is 9.53 Å². The molecular weight excluding hydrogens is 214 g/mol. The molecular formula is C14H19NO2. The third-order valence-corrected chi connectivity index (χ3v) is 3.25. The summed E-state index contributed by atoms with van der Waals surface area (Å²) in [5, 5.41) is 0. The maximum absolute atomic E-state index is 11.9. The van der Waals surface area contributed by atoms with Crippen LogP contribution in [-0.4, -0.2) is 12.1 Å². The first-order valence-corrected chi connectivity index (χ1v) is 6.29. The minimum Gasteiger partial charge on any atom is -0.459 e. The SMILES string of the molecule is NCc1ccc(C(=O)OC2CCCCC2)cc1. The number of rotatable bonds is 3. The number of carbonyl (C=O) groups excluding carboxylic acids is 1. The molecule has 1 saturated carbocycles. The molecule has 1 aliphatic carbocycles. The van der Waals surface area contributed by atoms with E-state index in [0.29, 0.717) is 12.1 Å². The number of benzene rings is 1. The van der Waals surface area contributed by atoms with Gasteiger partial charge < -0.3 is 10.5 Å². The lowest BCUT2D eigenvalue weighted by Crippen LogP contribution is -2.20. The molecule has 3 nitrogen and oxygen atoms in total. The van der Waals surface area contributed by atoms with E-state index < -0.39 is 0 Å². The standard InChI is InChI=1S/C14H19NO2/c15-10-11-6-8-12(9-7-11)14(16)17-13-4-2-1-3-5-13/h6-9,13H,1-5,10,15H2. The van der Waals surface area contributed by atoms with Gasteiger partial charge in [0.25, 0.3) is 0 Å². The zero-order valence-electron chi connectivity index (χ0n) is 10.0. The molecule has 2 rings (SSSR count). The smallest absolute Gasteiger partial charge is 0.338 e. The van der Waals surface area contributed by atoms with Gasteiger partial charge in [0, 0.05) is 6.54 Å². The van der Waals surface area contributed by atoms with Gasteiger partial charge in [-0.1, -0.05) is 18.6 Å². The van der Waals surface area contributed by atoms with Crippen LogP contribution in [0.25, 0.3) is 0 Å². The van der Waals surface area contributed by atoms with E-state index in [1.807, 2.05) is 12.1 Å². The zero-order valence-corrected chi connectivity index (χ0v) is 10.0. The van der Waals surface area contributed by atoms with E-state index in [-0.39, 0.29) is 12.1 Å². The lowest BCUT2D eigenvalue weighted by Gasteiger charge is -2.21. The highest BCUT2D eigenvalue weighted by molar-refractivity contribution is 5.89. The molecule has 0 spiro atoms. The molecule has 1 aliphatic rings. The highest BCUT2D eigenvalue weighted by Gasteiger charge is 2.18. The maximum Gasteiger partial charge on any atom is 0.338 e. The highest BCUT2D eigenvalue weighted by Crippen LogP contribution is 2.21. The molecule has 0 atom stereocenters. The van der Waals surface area contributed by atoms with E-state index in [9.17, 15) is 4.79 Å². The van der Waals surface area contributed by atoms with Crippen LogP contribution in [0.4, 0.5) is 0 Å². The van der Waals surface area contributed by atoms with Crippen molar-refractivity contribution in [1.29, 1.82) is 0 Å². The van der Waals surface area contributed by atoms with Crippen LogP contribution >= 0.6 is 0 Å². The van der Waals surface area contributed by atoms with Gasteiger partial charge in [-0.05, 0) is 43.4 Å². The molecule has 2 N–H and O–H groups in total. The Labute approximate surface area is 102 Å². The summed E-state index contributed by atoms with van der Waals surface area (Å²) < 4.78 is 5.48. The second kappa shape index (κ2) is 5.82. The van der Waals surface area contributed by atoms with E-state index in [4.69, 9.17) is 10.5 Å². The monoisotopic (exact) mass is 233 g/mol. The van der Waals surface area contributed by atoms with Gasteiger partial charge in [0.05, 0.1) is 5.56 Å². The molecule has 0 saturated heterocycles. The summed E-state index contributed by atoms with van der Waals surface area (Å²) in [6, 6.07) is 7.32. The number of hydrogen-bond donors (Lipinski definition) is 1. The fourth-order valence-corrected chi connectivity index (χ4v) is 2.18. The molecule has 0 heterocycles. The third kappa shape index (κ3) is 3.30. The first kappa shape index (κ1) is 12.1. The Morgan fingerprint density at radius 2 is 1.82 bits per heavy atom. The van der Waals surface area contributed by atoms with Gasteiger partial charge in [-0.25, -0.2) is 4.79 Å². The average molecular weight is 233 g/mol. The van der Waals surface area contributed by atoms with E-state index in [1.54, 1.807) is 12.1 Å². The van der Waals surface area contributed by atoms with Crippen LogP contribution in [0.2, 0.25) is 0 Å². The lowest BCUT2D eigenvalue weighted by atomic mass is 9.98. The Morgan fingerprint density at radius 1 is 1.18 bits per heavy atom. The normalized spacial score (nSPS) is 16.8. The molecule has 1 fully saturated rings. The second-order valence-electron chi connectivity index (χ2n) is 4.57. The van der Waals surface area contributed by atoms with Crippen molar-refractivity contribution in [2.45, 2.75) is 44.8 Å². The second-order valence-corrected chi connectivity index (χ2v) is 4.57. The summed E-state index contributed by atoms with van der Waals surface area (Å²) in [6.45, 7) is 0.498. The first-order chi connectivity index (χ1) is 8.29. The molecule has 17 heavy (non-hydrogen) atoms. The van der Waals surface area contributed by atoms with Gasteiger partial charge in [-0.3, -0.25) is 0 Å². The van der Waals surface area contributed by atoms with E-state index in [2.05, 4.69) is 0 Å². The van der Waals surface area contributed by atoms with Gasteiger partial charge in [0.1, 0.15) is 6.10 Å². The van der Waals surface area contributed by atoms with Crippen LogP contribution in [0.3, 0.4) is 0 Å². The van der Waals surface area contributed by atoms with Crippen LogP contribution in [0.1, 0.15) is 48.0 Å². The molecule has 0 aliphatic heterocycles. The first-order valence-electron chi connectivity index (χ1n) is 6.29. The molecule has 1 aromatic carbocycles. The molecule has 0 amide bonds. The van der Waals surface area contributed by atoms with Gasteiger partial charge in [0.15, 0.2) is 0 Å². The van der Waals surface area contributed by atoms with Gasteiger partial charge in [-0.15, -0.1) is 0 Å². The summed E-state index contributed by atoms with van der Waals surface area (Å²) in [5.41, 5.74) is 7.15. The van der Waals surface area contributed by atoms with Crippen LogP contribution in [0.5, 0.6) is 0 Å². The molecule has 0 bridgehead atoms. The van der Waals surface area contributed by atoms with Crippen molar-refractivity contribution in [3.63, 3.8) is 0 Å². The largest absolute Gasteiger partial charge is 0.459 e. The van der Waals surface area contributed by atoms with Crippen molar-refractivity contribution >= 4 is 5.97 Å². The number of nitrogens with two attached hydrogens (primary N) is 1. The fourth-order valence-electron chi connectivity index (χ4n) is 2.18. The molecule has 92 valence electrons. The predicted octanol–water partition coefficient (Wildman–Crippen LogP) is 2.63. The maximum atomic E-state index is 11.9. The zero-order chi connectivity index (χ0) is 12.1. The van der Waals surface area contributed by atoms with Crippen LogP contribution in [0.15, 0.2) is 24.3 Å². The molecule has 1 aromatic rings. The van der Waals surface area contributed by atoms with Crippen molar-refractivity contribution in [2.75, 3.05) is 0 Å². The lowest BCUT2D eigenvalue weighted by molar-refractivity contribution is 0.0211. The van der Waals surface area contributed by atoms with Crippen molar-refractivity contribution in [1.82, 2.24) is 0 Å².